The van der Waals surface area contributed by atoms with E-state index < -0.39 is 5.41 Å². The third kappa shape index (κ3) is 5.05. The van der Waals surface area contributed by atoms with E-state index in [1.165, 1.54) is 4.88 Å². The van der Waals surface area contributed by atoms with Crippen LogP contribution >= 0.6 is 24.0 Å². The molecule has 32 heavy (non-hydrogen) atoms. The van der Waals surface area contributed by atoms with Crippen LogP contribution in [0.4, 0.5) is 0 Å². The van der Waals surface area contributed by atoms with Gasteiger partial charge in [-0.05, 0) is 65.6 Å². The van der Waals surface area contributed by atoms with Gasteiger partial charge in [0.15, 0.2) is 6.17 Å². The van der Waals surface area contributed by atoms with Crippen molar-refractivity contribution in [2.45, 2.75) is 76.4 Å². The van der Waals surface area contributed by atoms with Gasteiger partial charge in [0.1, 0.15) is 18.2 Å². The van der Waals surface area contributed by atoms with E-state index in [2.05, 4.69) is 56.4 Å². The maximum atomic E-state index is 9.62. The Morgan fingerprint density at radius 2 is 2.34 bits per heavy atom. The summed E-state index contributed by atoms with van der Waals surface area (Å²) >= 11 is 6.27. The van der Waals surface area contributed by atoms with Crippen molar-refractivity contribution in [2.75, 3.05) is 27.4 Å². The first-order chi connectivity index (χ1) is 15.2. The lowest BCUT2D eigenvalue weighted by molar-refractivity contribution is -0.0444. The number of nitriles is 1. The fraction of sp³-hybridized carbons (Fsp3) is 0.696. The van der Waals surface area contributed by atoms with Crippen molar-refractivity contribution in [3.8, 4) is 6.07 Å². The summed E-state index contributed by atoms with van der Waals surface area (Å²) in [4.78, 5) is 19.1. The zero-order valence-electron chi connectivity index (χ0n) is 20.0. The van der Waals surface area contributed by atoms with Crippen LogP contribution in [-0.2, 0) is 21.4 Å². The number of nitrogens with zero attached hydrogens (tertiary/aromatic N) is 5. The van der Waals surface area contributed by atoms with Gasteiger partial charge in [-0.15, -0.1) is 29.0 Å². The topological polar surface area (TPSA) is 73.4 Å². The van der Waals surface area contributed by atoms with Gasteiger partial charge in [0.25, 0.3) is 0 Å². The molecule has 1 aliphatic carbocycles. The van der Waals surface area contributed by atoms with E-state index >= 15 is 0 Å². The molecule has 0 saturated heterocycles. The highest BCUT2D eigenvalue weighted by atomic mass is 32.1. The monoisotopic (exact) mass is 477 g/mol. The smallest absolute Gasteiger partial charge is 0.222 e. The average molecular weight is 478 g/mol. The SMILES string of the molecule is CCCN(C)C(C)C(S)OCN=C(C)C1N=C(C2(C)CCCc3scc(C#N)c32)ON1C. The van der Waals surface area contributed by atoms with E-state index in [1.807, 2.05) is 19.4 Å². The molecule has 0 radical (unpaired) electrons. The summed E-state index contributed by atoms with van der Waals surface area (Å²) < 4.78 is 5.86. The lowest BCUT2D eigenvalue weighted by Gasteiger charge is -2.33. The minimum atomic E-state index is -0.395. The Hall–Kier alpha value is -1.44. The van der Waals surface area contributed by atoms with Crippen molar-refractivity contribution in [2.24, 2.45) is 9.98 Å². The zero-order chi connectivity index (χ0) is 23.5. The fourth-order valence-electron chi connectivity index (χ4n) is 4.42. The second kappa shape index (κ2) is 10.7. The van der Waals surface area contributed by atoms with Gasteiger partial charge in [-0.25, -0.2) is 4.99 Å². The minimum absolute atomic E-state index is 0.191. The minimum Gasteiger partial charge on any atom is -0.387 e. The van der Waals surface area contributed by atoms with Crippen LogP contribution in [0.5, 0.6) is 0 Å². The zero-order valence-corrected chi connectivity index (χ0v) is 21.7. The molecule has 9 heteroatoms. The molecule has 4 atom stereocenters. The Bertz CT molecular complexity index is 909. The average Bonchev–Trinajstić information content (AvgIpc) is 3.38. The number of hydrogen-bond acceptors (Lipinski definition) is 9. The Morgan fingerprint density at radius 1 is 1.59 bits per heavy atom. The second-order valence-corrected chi connectivity index (χ2v) is 10.4. The van der Waals surface area contributed by atoms with Crippen molar-refractivity contribution in [3.63, 3.8) is 0 Å². The van der Waals surface area contributed by atoms with Crippen molar-refractivity contribution in [1.82, 2.24) is 9.96 Å². The van der Waals surface area contributed by atoms with E-state index in [1.54, 1.807) is 16.4 Å². The van der Waals surface area contributed by atoms with Crippen LogP contribution in [0, 0.1) is 11.3 Å². The quantitative estimate of drug-likeness (QED) is 0.327. The molecule has 2 heterocycles. The van der Waals surface area contributed by atoms with E-state index in [9.17, 15) is 5.26 Å². The van der Waals surface area contributed by atoms with Crippen LogP contribution in [-0.4, -0.2) is 66.6 Å². The van der Waals surface area contributed by atoms with Crippen LogP contribution in [0.15, 0.2) is 15.4 Å². The first-order valence-electron chi connectivity index (χ1n) is 11.2. The van der Waals surface area contributed by atoms with Crippen molar-refractivity contribution >= 4 is 35.6 Å². The molecule has 0 amide bonds. The maximum Gasteiger partial charge on any atom is 0.222 e. The van der Waals surface area contributed by atoms with Crippen molar-refractivity contribution < 1.29 is 9.57 Å². The highest BCUT2D eigenvalue weighted by molar-refractivity contribution is 7.80. The van der Waals surface area contributed by atoms with Crippen LogP contribution < -0.4 is 0 Å². The summed E-state index contributed by atoms with van der Waals surface area (Å²) in [7, 11) is 3.95. The predicted molar refractivity (Wildman–Crippen MR) is 134 cm³/mol. The molecule has 0 spiro atoms. The Balaban J connectivity index is 1.71. The molecule has 3 rings (SSSR count). The summed E-state index contributed by atoms with van der Waals surface area (Å²) in [6, 6.07) is 2.55. The number of thiol groups is 1. The van der Waals surface area contributed by atoms with Crippen LogP contribution in [0.3, 0.4) is 0 Å². The van der Waals surface area contributed by atoms with Gasteiger partial charge in [0, 0.05) is 23.3 Å². The molecule has 7 nitrogen and oxygen atoms in total. The molecule has 4 unspecified atom stereocenters. The van der Waals surface area contributed by atoms with Gasteiger partial charge in [-0.2, -0.15) is 5.26 Å². The number of ether oxygens (including phenoxy) is 1. The maximum absolute atomic E-state index is 9.62. The molecule has 1 aromatic rings. The highest BCUT2D eigenvalue weighted by Crippen LogP contribution is 2.44. The van der Waals surface area contributed by atoms with Crippen molar-refractivity contribution in [3.05, 3.63) is 21.4 Å². The third-order valence-electron chi connectivity index (χ3n) is 6.52. The number of aryl methyl sites for hydroxylation is 1. The fourth-order valence-corrected chi connectivity index (χ4v) is 5.86. The van der Waals surface area contributed by atoms with Crippen molar-refractivity contribution in [1.29, 1.82) is 5.26 Å². The molecule has 176 valence electrons. The number of thiophene rings is 1. The number of likely N-dealkylation sites (N-methyl/N-ethyl adjacent to an activating group) is 1. The molecule has 0 N–H and O–H groups in total. The normalized spacial score (nSPS) is 25.8. The Morgan fingerprint density at radius 3 is 3.03 bits per heavy atom. The lowest BCUT2D eigenvalue weighted by Crippen LogP contribution is -2.38. The lowest BCUT2D eigenvalue weighted by atomic mass is 9.72. The Kier molecular flexibility index (Phi) is 8.39. The molecule has 0 saturated carbocycles. The van der Waals surface area contributed by atoms with Crippen LogP contribution in [0.2, 0.25) is 0 Å². The molecule has 2 aliphatic rings. The van der Waals surface area contributed by atoms with E-state index in [-0.39, 0.29) is 24.4 Å². The summed E-state index contributed by atoms with van der Waals surface area (Å²) in [5, 5.41) is 13.3. The molecule has 1 aliphatic heterocycles. The second-order valence-electron chi connectivity index (χ2n) is 8.90. The molecular weight excluding hydrogens is 442 g/mol. The summed E-state index contributed by atoms with van der Waals surface area (Å²) in [5.41, 5.74) is 2.04. The van der Waals surface area contributed by atoms with Gasteiger partial charge >= 0.3 is 0 Å². The first kappa shape index (κ1) is 25.2. The van der Waals surface area contributed by atoms with Crippen LogP contribution in [0.1, 0.15) is 63.0 Å². The van der Waals surface area contributed by atoms with Gasteiger partial charge in [-0.1, -0.05) is 6.92 Å². The van der Waals surface area contributed by atoms with E-state index in [0.29, 0.717) is 5.90 Å². The molecular formula is C23H35N5O2S2. The summed E-state index contributed by atoms with van der Waals surface area (Å²) in [6.45, 7) is 9.59. The number of hydroxylamine groups is 2. The Labute approximate surface area is 201 Å². The first-order valence-corrected chi connectivity index (χ1v) is 12.6. The number of rotatable bonds is 9. The number of fused-ring (bicyclic) bond motifs is 1. The summed E-state index contributed by atoms with van der Waals surface area (Å²) in [5.74, 6) is 0.665. The summed E-state index contributed by atoms with van der Waals surface area (Å²) in [6.07, 6.45) is 3.76. The molecule has 0 bridgehead atoms. The number of aliphatic imine (C=N–C) groups is 2. The number of hydrogen-bond donors (Lipinski definition) is 1. The third-order valence-corrected chi connectivity index (χ3v) is 8.15. The van der Waals surface area contributed by atoms with Gasteiger partial charge < -0.3 is 14.5 Å². The van der Waals surface area contributed by atoms with E-state index in [4.69, 9.17) is 14.6 Å². The van der Waals surface area contributed by atoms with Gasteiger partial charge in [0.05, 0.1) is 16.7 Å². The van der Waals surface area contributed by atoms with Crippen LogP contribution in [0.25, 0.3) is 0 Å². The highest BCUT2D eigenvalue weighted by Gasteiger charge is 2.45. The molecule has 0 fully saturated rings. The standard InChI is InChI=1S/C23H35N5O2S2/c1-7-11-27(5)16(3)21(31)29-14-25-15(2)20-26-22(30-28(20)6)23(4)10-8-9-18-19(23)17(12-24)13-32-18/h13,16,20-21,31H,7-11,14H2,1-6H3. The van der Waals surface area contributed by atoms with E-state index in [0.717, 1.165) is 49.1 Å². The predicted octanol–water partition coefficient (Wildman–Crippen LogP) is 4.24. The van der Waals surface area contributed by atoms with Gasteiger partial charge in [-0.3, -0.25) is 4.99 Å². The van der Waals surface area contributed by atoms with Gasteiger partial charge in [0.2, 0.25) is 5.90 Å². The molecule has 1 aromatic heterocycles. The largest absolute Gasteiger partial charge is 0.387 e. The molecule has 0 aromatic carbocycles.